The first-order valence-corrected chi connectivity index (χ1v) is 17.4. The number of benzene rings is 6. The van der Waals surface area contributed by atoms with Crippen LogP contribution in [0.25, 0.3) is 78.1 Å². The maximum Gasteiger partial charge on any atom is 0.160 e. The first-order chi connectivity index (χ1) is 25.7. The van der Waals surface area contributed by atoms with Crippen LogP contribution in [0.15, 0.2) is 180 Å². The lowest BCUT2D eigenvalue weighted by Gasteiger charge is -2.15. The van der Waals surface area contributed by atoms with Gasteiger partial charge in [-0.15, -0.1) is 0 Å². The predicted molar refractivity (Wildman–Crippen MR) is 212 cm³/mol. The SMILES string of the molecule is N#Cc1ccc(C2=CC=C(c3ccc4oc5ccccc5c4c3-c3ccc(-c4cc(-c5ccccc5)nc(-c5ccccc5)n4)cc3)CC=C2)cc1. The van der Waals surface area contributed by atoms with E-state index in [0.29, 0.717) is 11.4 Å². The van der Waals surface area contributed by atoms with E-state index in [-0.39, 0.29) is 0 Å². The minimum absolute atomic E-state index is 0.655. The summed E-state index contributed by atoms with van der Waals surface area (Å²) >= 11 is 0. The molecule has 0 aliphatic heterocycles. The van der Waals surface area contributed by atoms with Crippen molar-refractivity contribution in [1.82, 2.24) is 9.97 Å². The highest BCUT2D eigenvalue weighted by atomic mass is 16.3. The molecule has 0 N–H and O–H groups in total. The summed E-state index contributed by atoms with van der Waals surface area (Å²) < 4.78 is 6.39. The number of allylic oxidation sites excluding steroid dienone is 6. The molecule has 9 rings (SSSR count). The van der Waals surface area contributed by atoms with Crippen LogP contribution in [0.4, 0.5) is 0 Å². The Hall–Kier alpha value is -7.09. The third-order valence-corrected chi connectivity index (χ3v) is 9.63. The van der Waals surface area contributed by atoms with Gasteiger partial charge in [0.25, 0.3) is 0 Å². The highest BCUT2D eigenvalue weighted by Crippen LogP contribution is 2.43. The first-order valence-electron chi connectivity index (χ1n) is 17.4. The topological polar surface area (TPSA) is 62.7 Å². The summed E-state index contributed by atoms with van der Waals surface area (Å²) in [7, 11) is 0. The summed E-state index contributed by atoms with van der Waals surface area (Å²) in [5, 5.41) is 11.5. The van der Waals surface area contributed by atoms with E-state index in [1.54, 1.807) is 0 Å². The van der Waals surface area contributed by atoms with Gasteiger partial charge in [-0.1, -0.05) is 146 Å². The number of furan rings is 1. The number of rotatable bonds is 6. The van der Waals surface area contributed by atoms with Crippen LogP contribution < -0.4 is 0 Å². The summed E-state index contributed by atoms with van der Waals surface area (Å²) in [5.41, 5.74) is 14.0. The molecule has 4 nitrogen and oxygen atoms in total. The van der Waals surface area contributed by atoms with Crippen molar-refractivity contribution in [3.05, 3.63) is 193 Å². The second kappa shape index (κ2) is 13.3. The third kappa shape index (κ3) is 5.81. The molecule has 52 heavy (non-hydrogen) atoms. The number of hydrogen-bond donors (Lipinski definition) is 0. The molecule has 0 bridgehead atoms. The highest BCUT2D eigenvalue weighted by molar-refractivity contribution is 6.15. The Morgan fingerprint density at radius 1 is 0.558 bits per heavy atom. The Labute approximate surface area is 302 Å². The summed E-state index contributed by atoms with van der Waals surface area (Å²) in [5.74, 6) is 0.694. The average Bonchev–Trinajstić information content (AvgIpc) is 3.42. The number of nitrogens with zero attached hydrogens (tertiary/aromatic N) is 3. The molecule has 1 aliphatic carbocycles. The van der Waals surface area contributed by atoms with E-state index in [1.807, 2.05) is 84.9 Å². The molecule has 4 heteroatoms. The monoisotopic (exact) mass is 665 g/mol. The molecular formula is C48H31N3O. The first kappa shape index (κ1) is 30.9. The van der Waals surface area contributed by atoms with Crippen molar-refractivity contribution in [1.29, 1.82) is 5.26 Å². The van der Waals surface area contributed by atoms with E-state index < -0.39 is 0 Å². The Bertz CT molecular complexity index is 2670. The van der Waals surface area contributed by atoms with Crippen molar-refractivity contribution in [3.8, 4) is 51.1 Å². The van der Waals surface area contributed by atoms with Crippen molar-refractivity contribution in [2.45, 2.75) is 6.42 Å². The van der Waals surface area contributed by atoms with E-state index >= 15 is 0 Å². The van der Waals surface area contributed by atoms with Gasteiger partial charge in [0.05, 0.1) is 23.0 Å². The summed E-state index contributed by atoms with van der Waals surface area (Å²) in [6, 6.07) is 53.7. The standard InChI is InChI=1S/C48H31N3O/c49-31-32-18-20-34(21-19-32)33-14-9-15-35(23-22-33)40-28-29-45-47(41-16-7-8-17-44(41)52-45)46(40)38-26-24-37(25-27-38)43-30-42(36-10-3-1-4-11-36)50-48(51-43)39-12-5-2-6-13-39/h1-14,16-30H,15H2. The molecule has 0 atom stereocenters. The van der Waals surface area contributed by atoms with Crippen molar-refractivity contribution in [3.63, 3.8) is 0 Å². The number of nitriles is 1. The van der Waals surface area contributed by atoms with Crippen LogP contribution >= 0.6 is 0 Å². The molecular weight excluding hydrogens is 635 g/mol. The smallest absolute Gasteiger partial charge is 0.160 e. The lowest BCUT2D eigenvalue weighted by molar-refractivity contribution is 0.669. The zero-order valence-electron chi connectivity index (χ0n) is 28.2. The molecule has 8 aromatic rings. The zero-order valence-corrected chi connectivity index (χ0v) is 28.2. The predicted octanol–water partition coefficient (Wildman–Crippen LogP) is 12.3. The van der Waals surface area contributed by atoms with Crippen LogP contribution in [0, 0.1) is 11.3 Å². The molecule has 0 fully saturated rings. The maximum atomic E-state index is 9.27. The number of fused-ring (bicyclic) bond motifs is 3. The van der Waals surface area contributed by atoms with Crippen LogP contribution in [0.5, 0.6) is 0 Å². The summed E-state index contributed by atoms with van der Waals surface area (Å²) in [6.45, 7) is 0. The molecule has 6 aromatic carbocycles. The maximum absolute atomic E-state index is 9.27. The largest absolute Gasteiger partial charge is 0.456 e. The third-order valence-electron chi connectivity index (χ3n) is 9.63. The molecule has 2 aromatic heterocycles. The van der Waals surface area contributed by atoms with Gasteiger partial charge in [-0.2, -0.15) is 5.26 Å². The Balaban J connectivity index is 1.18. The quantitative estimate of drug-likeness (QED) is 0.177. The summed E-state index contributed by atoms with van der Waals surface area (Å²) in [6.07, 6.45) is 9.56. The number of hydrogen-bond acceptors (Lipinski definition) is 4. The van der Waals surface area contributed by atoms with Crippen molar-refractivity contribution < 1.29 is 4.42 Å². The molecule has 0 saturated carbocycles. The Kier molecular flexibility index (Phi) is 7.92. The minimum Gasteiger partial charge on any atom is -0.456 e. The van der Waals surface area contributed by atoms with Gasteiger partial charge in [-0.05, 0) is 64.6 Å². The fraction of sp³-hybridized carbons (Fsp3) is 0.0208. The van der Waals surface area contributed by atoms with Crippen molar-refractivity contribution in [2.75, 3.05) is 0 Å². The normalized spacial score (nSPS) is 12.7. The van der Waals surface area contributed by atoms with Gasteiger partial charge < -0.3 is 4.42 Å². The Morgan fingerprint density at radius 2 is 1.19 bits per heavy atom. The van der Waals surface area contributed by atoms with Gasteiger partial charge in [-0.3, -0.25) is 0 Å². The lowest BCUT2D eigenvalue weighted by Crippen LogP contribution is -1.96. The van der Waals surface area contributed by atoms with Gasteiger partial charge >= 0.3 is 0 Å². The molecule has 0 spiro atoms. The minimum atomic E-state index is 0.655. The van der Waals surface area contributed by atoms with E-state index in [4.69, 9.17) is 14.4 Å². The second-order valence-corrected chi connectivity index (χ2v) is 12.8. The molecule has 1 aliphatic rings. The van der Waals surface area contributed by atoms with E-state index in [0.717, 1.165) is 84.3 Å². The lowest BCUT2D eigenvalue weighted by atomic mass is 9.88. The number of para-hydroxylation sites is 1. The van der Waals surface area contributed by atoms with Gasteiger partial charge in [0.1, 0.15) is 11.2 Å². The Morgan fingerprint density at radius 3 is 1.92 bits per heavy atom. The van der Waals surface area contributed by atoms with Gasteiger partial charge in [0.15, 0.2) is 5.82 Å². The fourth-order valence-electron chi connectivity index (χ4n) is 7.02. The van der Waals surface area contributed by atoms with E-state index in [1.165, 1.54) is 5.57 Å². The molecule has 0 amide bonds. The zero-order chi connectivity index (χ0) is 34.9. The van der Waals surface area contributed by atoms with Crippen LogP contribution in [0.2, 0.25) is 0 Å². The molecule has 2 heterocycles. The van der Waals surface area contributed by atoms with E-state index in [2.05, 4.69) is 97.1 Å². The van der Waals surface area contributed by atoms with Crippen molar-refractivity contribution >= 4 is 33.1 Å². The molecule has 0 radical (unpaired) electrons. The number of aromatic nitrogens is 2. The molecule has 0 unspecified atom stereocenters. The van der Waals surface area contributed by atoms with E-state index in [9.17, 15) is 5.26 Å². The van der Waals surface area contributed by atoms with Crippen LogP contribution in [0.3, 0.4) is 0 Å². The van der Waals surface area contributed by atoms with Crippen LogP contribution in [-0.4, -0.2) is 9.97 Å². The van der Waals surface area contributed by atoms with Gasteiger partial charge in [0.2, 0.25) is 0 Å². The fourth-order valence-corrected chi connectivity index (χ4v) is 7.02. The molecule has 244 valence electrons. The van der Waals surface area contributed by atoms with Crippen LogP contribution in [-0.2, 0) is 0 Å². The van der Waals surface area contributed by atoms with Crippen molar-refractivity contribution in [2.24, 2.45) is 0 Å². The highest BCUT2D eigenvalue weighted by Gasteiger charge is 2.19. The average molecular weight is 666 g/mol. The summed E-state index contributed by atoms with van der Waals surface area (Å²) in [4.78, 5) is 10.0. The molecule has 0 saturated heterocycles. The van der Waals surface area contributed by atoms with Crippen LogP contribution in [0.1, 0.15) is 23.1 Å². The van der Waals surface area contributed by atoms with Gasteiger partial charge in [0, 0.05) is 33.0 Å². The second-order valence-electron chi connectivity index (χ2n) is 12.8. The van der Waals surface area contributed by atoms with Gasteiger partial charge in [-0.25, -0.2) is 9.97 Å².